The number of esters is 1. The smallest absolute Gasteiger partial charge is 0.374 e. The molecule has 1 aromatic rings. The standard InChI is InChI=1S/C16H26N2O3/c1-4-8-18(10-13-6-5-7-17-13)11-14-9-12(2)15(21-14)16(19)20-3/h9,13,17H,4-8,10-11H2,1-3H3. The molecule has 0 aliphatic carbocycles. The molecular formula is C16H26N2O3. The molecule has 1 unspecified atom stereocenters. The summed E-state index contributed by atoms with van der Waals surface area (Å²) in [6.07, 6.45) is 3.61. The Bertz CT molecular complexity index is 464. The normalized spacial score (nSPS) is 18.4. The van der Waals surface area contributed by atoms with Crippen molar-refractivity contribution in [1.82, 2.24) is 10.2 Å². The van der Waals surface area contributed by atoms with Gasteiger partial charge < -0.3 is 14.5 Å². The number of nitrogens with zero attached hydrogens (tertiary/aromatic N) is 1. The molecule has 21 heavy (non-hydrogen) atoms. The molecule has 5 heteroatoms. The highest BCUT2D eigenvalue weighted by Gasteiger charge is 2.20. The van der Waals surface area contributed by atoms with E-state index in [4.69, 9.17) is 9.15 Å². The van der Waals surface area contributed by atoms with Gasteiger partial charge in [0.1, 0.15) is 5.76 Å². The van der Waals surface area contributed by atoms with Crippen LogP contribution in [0.25, 0.3) is 0 Å². The zero-order valence-corrected chi connectivity index (χ0v) is 13.3. The van der Waals surface area contributed by atoms with Crippen molar-refractivity contribution < 1.29 is 13.9 Å². The van der Waals surface area contributed by atoms with E-state index in [-0.39, 0.29) is 0 Å². The second-order valence-corrected chi connectivity index (χ2v) is 5.74. The number of carbonyl (C=O) groups excluding carboxylic acids is 1. The molecule has 0 amide bonds. The number of ether oxygens (including phenoxy) is 1. The highest BCUT2D eigenvalue weighted by Crippen LogP contribution is 2.18. The van der Waals surface area contributed by atoms with E-state index in [1.165, 1.54) is 20.0 Å². The molecule has 0 radical (unpaired) electrons. The van der Waals surface area contributed by atoms with Gasteiger partial charge >= 0.3 is 5.97 Å². The molecule has 1 saturated heterocycles. The molecule has 118 valence electrons. The Morgan fingerprint density at radius 1 is 1.57 bits per heavy atom. The van der Waals surface area contributed by atoms with Gasteiger partial charge in [0.05, 0.1) is 13.7 Å². The first-order chi connectivity index (χ1) is 10.1. The number of carbonyl (C=O) groups is 1. The molecule has 1 aliphatic rings. The Morgan fingerprint density at radius 3 is 3.00 bits per heavy atom. The van der Waals surface area contributed by atoms with E-state index in [0.29, 0.717) is 11.8 Å². The summed E-state index contributed by atoms with van der Waals surface area (Å²) in [5.41, 5.74) is 0.840. The summed E-state index contributed by atoms with van der Waals surface area (Å²) in [4.78, 5) is 14.0. The van der Waals surface area contributed by atoms with Gasteiger partial charge in [0.2, 0.25) is 5.76 Å². The predicted molar refractivity (Wildman–Crippen MR) is 81.4 cm³/mol. The van der Waals surface area contributed by atoms with E-state index in [9.17, 15) is 4.79 Å². The van der Waals surface area contributed by atoms with Crippen LogP contribution in [-0.4, -0.2) is 43.7 Å². The highest BCUT2D eigenvalue weighted by molar-refractivity contribution is 5.87. The molecular weight excluding hydrogens is 268 g/mol. The van der Waals surface area contributed by atoms with Crippen molar-refractivity contribution in [3.8, 4) is 0 Å². The fourth-order valence-electron chi connectivity index (χ4n) is 2.92. The molecule has 0 spiro atoms. The van der Waals surface area contributed by atoms with Gasteiger partial charge in [0.25, 0.3) is 0 Å². The fourth-order valence-corrected chi connectivity index (χ4v) is 2.92. The number of hydrogen-bond acceptors (Lipinski definition) is 5. The van der Waals surface area contributed by atoms with Gasteiger partial charge in [-0.3, -0.25) is 4.90 Å². The molecule has 2 rings (SSSR count). The number of aryl methyl sites for hydroxylation is 1. The number of nitrogens with one attached hydrogen (secondary N) is 1. The first-order valence-electron chi connectivity index (χ1n) is 7.77. The van der Waals surface area contributed by atoms with Crippen LogP contribution < -0.4 is 5.32 Å². The summed E-state index contributed by atoms with van der Waals surface area (Å²) >= 11 is 0. The summed E-state index contributed by atoms with van der Waals surface area (Å²) in [5, 5.41) is 3.53. The van der Waals surface area contributed by atoms with E-state index < -0.39 is 5.97 Å². The van der Waals surface area contributed by atoms with Gasteiger partial charge in [-0.2, -0.15) is 0 Å². The average Bonchev–Trinajstić information content (AvgIpc) is 3.08. The SMILES string of the molecule is CCCN(Cc1cc(C)c(C(=O)OC)o1)CC1CCCN1. The highest BCUT2D eigenvalue weighted by atomic mass is 16.5. The minimum Gasteiger partial charge on any atom is -0.463 e. The van der Waals surface area contributed by atoms with Crippen LogP contribution in [0.4, 0.5) is 0 Å². The maximum absolute atomic E-state index is 11.6. The summed E-state index contributed by atoms with van der Waals surface area (Å²) in [6, 6.07) is 2.52. The minimum absolute atomic E-state index is 0.322. The number of rotatable bonds is 7. The second-order valence-electron chi connectivity index (χ2n) is 5.74. The van der Waals surface area contributed by atoms with Crippen LogP contribution in [0, 0.1) is 6.92 Å². The van der Waals surface area contributed by atoms with Gasteiger partial charge in [0, 0.05) is 18.2 Å². The van der Waals surface area contributed by atoms with Crippen molar-refractivity contribution in [1.29, 1.82) is 0 Å². The largest absolute Gasteiger partial charge is 0.463 e. The van der Waals surface area contributed by atoms with Crippen molar-refractivity contribution in [2.45, 2.75) is 45.7 Å². The Labute approximate surface area is 126 Å². The van der Waals surface area contributed by atoms with Crippen molar-refractivity contribution in [3.63, 3.8) is 0 Å². The van der Waals surface area contributed by atoms with Crippen molar-refractivity contribution in [2.24, 2.45) is 0 Å². The lowest BCUT2D eigenvalue weighted by molar-refractivity contribution is 0.0559. The third-order valence-electron chi connectivity index (χ3n) is 3.90. The number of furan rings is 1. The van der Waals surface area contributed by atoms with Crippen LogP contribution in [0.1, 0.15) is 48.1 Å². The fraction of sp³-hybridized carbons (Fsp3) is 0.688. The summed E-state index contributed by atoms with van der Waals surface area (Å²) in [7, 11) is 1.37. The molecule has 2 heterocycles. The van der Waals surface area contributed by atoms with Gasteiger partial charge in [0.15, 0.2) is 0 Å². The lowest BCUT2D eigenvalue weighted by atomic mass is 10.2. The average molecular weight is 294 g/mol. The Morgan fingerprint density at radius 2 is 2.38 bits per heavy atom. The predicted octanol–water partition coefficient (Wildman–Crippen LogP) is 2.34. The number of methoxy groups -OCH3 is 1. The van der Waals surface area contributed by atoms with Gasteiger partial charge in [-0.25, -0.2) is 4.79 Å². The van der Waals surface area contributed by atoms with E-state index in [1.807, 2.05) is 13.0 Å². The molecule has 1 N–H and O–H groups in total. The lowest BCUT2D eigenvalue weighted by Gasteiger charge is -2.24. The maximum atomic E-state index is 11.6. The molecule has 1 aliphatic heterocycles. The van der Waals surface area contributed by atoms with Crippen LogP contribution in [0.5, 0.6) is 0 Å². The molecule has 0 bridgehead atoms. The minimum atomic E-state index is -0.404. The van der Waals surface area contributed by atoms with Crippen molar-refractivity contribution in [2.75, 3.05) is 26.7 Å². The first-order valence-corrected chi connectivity index (χ1v) is 7.77. The second kappa shape index (κ2) is 7.61. The number of hydrogen-bond donors (Lipinski definition) is 1. The zero-order valence-electron chi connectivity index (χ0n) is 13.3. The zero-order chi connectivity index (χ0) is 15.2. The molecule has 0 aromatic carbocycles. The topological polar surface area (TPSA) is 54.7 Å². The third-order valence-corrected chi connectivity index (χ3v) is 3.90. The molecule has 5 nitrogen and oxygen atoms in total. The molecule has 0 saturated carbocycles. The Balaban J connectivity index is 2.00. The maximum Gasteiger partial charge on any atom is 0.374 e. The molecule has 1 aromatic heterocycles. The van der Waals surface area contributed by atoms with Gasteiger partial charge in [-0.15, -0.1) is 0 Å². The van der Waals surface area contributed by atoms with E-state index in [2.05, 4.69) is 17.1 Å². The van der Waals surface area contributed by atoms with Crippen LogP contribution in [0.3, 0.4) is 0 Å². The van der Waals surface area contributed by atoms with E-state index >= 15 is 0 Å². The van der Waals surface area contributed by atoms with Gasteiger partial charge in [-0.05, 0) is 45.3 Å². The summed E-state index contributed by atoms with van der Waals surface area (Å²) < 4.78 is 10.4. The first kappa shape index (κ1) is 16.0. The van der Waals surface area contributed by atoms with Crippen LogP contribution in [0.15, 0.2) is 10.5 Å². The molecule has 1 fully saturated rings. The Hall–Kier alpha value is -1.33. The third kappa shape index (κ3) is 4.32. The van der Waals surface area contributed by atoms with Gasteiger partial charge in [-0.1, -0.05) is 6.92 Å². The monoisotopic (exact) mass is 294 g/mol. The van der Waals surface area contributed by atoms with Crippen molar-refractivity contribution in [3.05, 3.63) is 23.2 Å². The summed E-state index contributed by atoms with van der Waals surface area (Å²) in [6.45, 7) is 7.98. The van der Waals surface area contributed by atoms with Crippen LogP contribution in [0.2, 0.25) is 0 Å². The van der Waals surface area contributed by atoms with Crippen molar-refractivity contribution >= 4 is 5.97 Å². The van der Waals surface area contributed by atoms with Crippen LogP contribution >= 0.6 is 0 Å². The van der Waals surface area contributed by atoms with Crippen LogP contribution in [-0.2, 0) is 11.3 Å². The Kier molecular flexibility index (Phi) is 5.82. The lowest BCUT2D eigenvalue weighted by Crippen LogP contribution is -2.37. The summed E-state index contributed by atoms with van der Waals surface area (Å²) in [5.74, 6) is 0.750. The van der Waals surface area contributed by atoms with E-state index in [0.717, 1.165) is 43.9 Å². The molecule has 1 atom stereocenters. The van der Waals surface area contributed by atoms with E-state index in [1.54, 1.807) is 0 Å². The quantitative estimate of drug-likeness (QED) is 0.782.